The van der Waals surface area contributed by atoms with Gasteiger partial charge in [0, 0.05) is 25.2 Å². The maximum Gasteiger partial charge on any atom is 0.118 e. The molecule has 1 aromatic rings. The van der Waals surface area contributed by atoms with Gasteiger partial charge in [-0.15, -0.1) is 0 Å². The van der Waals surface area contributed by atoms with Gasteiger partial charge in [0.1, 0.15) is 11.5 Å². The maximum atomic E-state index is 5.91. The van der Waals surface area contributed by atoms with Crippen molar-refractivity contribution in [2.75, 3.05) is 27.2 Å². The Bertz CT molecular complexity index is 414. The first-order chi connectivity index (χ1) is 9.45. The van der Waals surface area contributed by atoms with E-state index in [1.165, 1.54) is 0 Å². The number of hydrogen-bond donors (Lipinski definition) is 1. The van der Waals surface area contributed by atoms with E-state index in [2.05, 4.69) is 62.1 Å². The summed E-state index contributed by atoms with van der Waals surface area (Å²) in [6.45, 7) is 10.7. The van der Waals surface area contributed by atoms with Gasteiger partial charge < -0.3 is 14.6 Å². The molecule has 0 amide bonds. The summed E-state index contributed by atoms with van der Waals surface area (Å²) in [6.07, 6.45) is 0. The minimum absolute atomic E-state index is 0.490. The summed E-state index contributed by atoms with van der Waals surface area (Å²) in [5.41, 5.74) is 0. The quantitative estimate of drug-likeness (QED) is 0.865. The second kappa shape index (κ2) is 6.74. The number of likely N-dealkylation sites (tertiary alicyclic amines) is 1. The fourth-order valence-electron chi connectivity index (χ4n) is 2.98. The van der Waals surface area contributed by atoms with Gasteiger partial charge in [-0.2, -0.15) is 0 Å². The Balaban J connectivity index is 1.85. The van der Waals surface area contributed by atoms with Crippen molar-refractivity contribution >= 4 is 0 Å². The molecule has 2 rings (SSSR count). The van der Waals surface area contributed by atoms with Gasteiger partial charge in [0.2, 0.25) is 0 Å². The molecule has 1 fully saturated rings. The van der Waals surface area contributed by atoms with Gasteiger partial charge in [0.25, 0.3) is 0 Å². The summed E-state index contributed by atoms with van der Waals surface area (Å²) in [4.78, 5) is 4.83. The van der Waals surface area contributed by atoms with E-state index in [0.717, 1.165) is 43.6 Å². The lowest BCUT2D eigenvalue weighted by Gasteiger charge is -2.22. The number of hydrogen-bond acceptors (Lipinski definition) is 4. The first-order valence-corrected chi connectivity index (χ1v) is 7.65. The van der Waals surface area contributed by atoms with Crippen molar-refractivity contribution in [2.45, 2.75) is 45.9 Å². The second-order valence-corrected chi connectivity index (χ2v) is 6.61. The van der Waals surface area contributed by atoms with Crippen LogP contribution in [0.3, 0.4) is 0 Å². The molecule has 2 heterocycles. The highest BCUT2D eigenvalue weighted by atomic mass is 16.3. The highest BCUT2D eigenvalue weighted by Crippen LogP contribution is 2.22. The van der Waals surface area contributed by atoms with Crippen molar-refractivity contribution < 1.29 is 4.42 Å². The molecular formula is C16H29N3O. The molecule has 0 saturated carbocycles. The normalized spacial score (nSPS) is 24.1. The highest BCUT2D eigenvalue weighted by molar-refractivity contribution is 5.07. The molecule has 114 valence electrons. The number of rotatable bonds is 6. The summed E-state index contributed by atoms with van der Waals surface area (Å²) in [7, 11) is 4.35. The van der Waals surface area contributed by atoms with Gasteiger partial charge in [-0.05, 0) is 32.1 Å². The Kier molecular flexibility index (Phi) is 5.24. The predicted octanol–water partition coefficient (Wildman–Crippen LogP) is 2.16. The van der Waals surface area contributed by atoms with Crippen LogP contribution in [0.1, 0.15) is 32.3 Å². The first kappa shape index (κ1) is 15.5. The van der Waals surface area contributed by atoms with Gasteiger partial charge in [-0.3, -0.25) is 4.90 Å². The summed E-state index contributed by atoms with van der Waals surface area (Å²) >= 11 is 0. The Morgan fingerprint density at radius 1 is 1.30 bits per heavy atom. The smallest absolute Gasteiger partial charge is 0.118 e. The zero-order valence-electron chi connectivity index (χ0n) is 13.5. The van der Waals surface area contributed by atoms with E-state index < -0.39 is 0 Å². The van der Waals surface area contributed by atoms with Crippen LogP contribution >= 0.6 is 0 Å². The molecule has 1 saturated heterocycles. The standard InChI is InChI=1S/C16H29N3O/c1-12(2)17-8-14-6-7-15(20-14)10-19-9-13(3)16(11-19)18(4)5/h6-7,12-13,16-17H,8-11H2,1-5H3. The summed E-state index contributed by atoms with van der Waals surface area (Å²) in [6, 6.07) is 5.36. The lowest BCUT2D eigenvalue weighted by Crippen LogP contribution is -2.34. The van der Waals surface area contributed by atoms with E-state index >= 15 is 0 Å². The van der Waals surface area contributed by atoms with E-state index in [0.29, 0.717) is 12.1 Å². The van der Waals surface area contributed by atoms with Crippen molar-refractivity contribution in [1.29, 1.82) is 0 Å². The van der Waals surface area contributed by atoms with Crippen LogP contribution in [-0.4, -0.2) is 49.1 Å². The third-order valence-electron chi connectivity index (χ3n) is 4.09. The predicted molar refractivity (Wildman–Crippen MR) is 82.6 cm³/mol. The van der Waals surface area contributed by atoms with Crippen LogP contribution in [-0.2, 0) is 13.1 Å². The average Bonchev–Trinajstić information content (AvgIpc) is 2.94. The lowest BCUT2D eigenvalue weighted by atomic mass is 10.1. The minimum atomic E-state index is 0.490. The number of likely N-dealkylation sites (N-methyl/N-ethyl adjacent to an activating group) is 1. The maximum absolute atomic E-state index is 5.91. The van der Waals surface area contributed by atoms with Gasteiger partial charge in [0.15, 0.2) is 0 Å². The zero-order chi connectivity index (χ0) is 14.7. The third-order valence-corrected chi connectivity index (χ3v) is 4.09. The van der Waals surface area contributed by atoms with E-state index in [1.807, 2.05) is 0 Å². The monoisotopic (exact) mass is 279 g/mol. The van der Waals surface area contributed by atoms with Crippen molar-refractivity contribution in [2.24, 2.45) is 5.92 Å². The Hall–Kier alpha value is -0.840. The van der Waals surface area contributed by atoms with Crippen molar-refractivity contribution in [3.8, 4) is 0 Å². The molecule has 1 aromatic heterocycles. The van der Waals surface area contributed by atoms with E-state index in [1.54, 1.807) is 0 Å². The molecule has 1 aliphatic rings. The van der Waals surface area contributed by atoms with Crippen LogP contribution in [0.25, 0.3) is 0 Å². The summed E-state index contributed by atoms with van der Waals surface area (Å²) in [5, 5.41) is 3.38. The molecule has 0 spiro atoms. The molecule has 0 radical (unpaired) electrons. The molecule has 4 nitrogen and oxygen atoms in total. The number of nitrogens with zero attached hydrogens (tertiary/aromatic N) is 2. The Morgan fingerprint density at radius 2 is 2.00 bits per heavy atom. The zero-order valence-corrected chi connectivity index (χ0v) is 13.5. The van der Waals surface area contributed by atoms with Crippen molar-refractivity contribution in [1.82, 2.24) is 15.1 Å². The topological polar surface area (TPSA) is 31.6 Å². The molecule has 1 aliphatic heterocycles. The number of nitrogens with one attached hydrogen (secondary N) is 1. The molecule has 0 bridgehead atoms. The van der Waals surface area contributed by atoms with E-state index in [-0.39, 0.29) is 0 Å². The van der Waals surface area contributed by atoms with Crippen LogP contribution in [0.15, 0.2) is 16.5 Å². The van der Waals surface area contributed by atoms with E-state index in [9.17, 15) is 0 Å². The molecule has 1 N–H and O–H groups in total. The van der Waals surface area contributed by atoms with Gasteiger partial charge in [-0.25, -0.2) is 0 Å². The summed E-state index contributed by atoms with van der Waals surface area (Å²) < 4.78 is 5.91. The van der Waals surface area contributed by atoms with Gasteiger partial charge in [0.05, 0.1) is 13.1 Å². The SMILES string of the molecule is CC(C)NCc1ccc(CN2CC(C)C(N(C)C)C2)o1. The number of furan rings is 1. The lowest BCUT2D eigenvalue weighted by molar-refractivity contribution is 0.242. The molecule has 4 heteroatoms. The van der Waals surface area contributed by atoms with Crippen LogP contribution in [0.5, 0.6) is 0 Å². The molecule has 2 atom stereocenters. The molecule has 2 unspecified atom stereocenters. The molecule has 0 aromatic carbocycles. The van der Waals surface area contributed by atoms with Crippen LogP contribution in [0.2, 0.25) is 0 Å². The van der Waals surface area contributed by atoms with E-state index in [4.69, 9.17) is 4.42 Å². The van der Waals surface area contributed by atoms with Crippen LogP contribution < -0.4 is 5.32 Å². The van der Waals surface area contributed by atoms with Gasteiger partial charge in [-0.1, -0.05) is 20.8 Å². The third kappa shape index (κ3) is 4.08. The second-order valence-electron chi connectivity index (χ2n) is 6.61. The fourth-order valence-corrected chi connectivity index (χ4v) is 2.98. The summed E-state index contributed by atoms with van der Waals surface area (Å²) in [5.74, 6) is 2.84. The average molecular weight is 279 g/mol. The molecule has 20 heavy (non-hydrogen) atoms. The van der Waals surface area contributed by atoms with Crippen molar-refractivity contribution in [3.05, 3.63) is 23.7 Å². The Labute approximate surface area is 123 Å². The van der Waals surface area contributed by atoms with Crippen molar-refractivity contribution in [3.63, 3.8) is 0 Å². The first-order valence-electron chi connectivity index (χ1n) is 7.65. The fraction of sp³-hybridized carbons (Fsp3) is 0.750. The Morgan fingerprint density at radius 3 is 2.60 bits per heavy atom. The van der Waals surface area contributed by atoms with Crippen LogP contribution in [0, 0.1) is 5.92 Å². The largest absolute Gasteiger partial charge is 0.463 e. The van der Waals surface area contributed by atoms with Gasteiger partial charge >= 0.3 is 0 Å². The molecule has 0 aliphatic carbocycles. The minimum Gasteiger partial charge on any atom is -0.463 e. The van der Waals surface area contributed by atoms with Crippen LogP contribution in [0.4, 0.5) is 0 Å². The highest BCUT2D eigenvalue weighted by Gasteiger charge is 2.31. The molecular weight excluding hydrogens is 250 g/mol.